The van der Waals surface area contributed by atoms with Crippen molar-refractivity contribution in [1.29, 1.82) is 0 Å². The van der Waals surface area contributed by atoms with Crippen LogP contribution in [0.4, 0.5) is 4.39 Å². The first-order valence-corrected chi connectivity index (χ1v) is 8.89. The van der Waals surface area contributed by atoms with E-state index in [0.717, 1.165) is 10.7 Å². The number of halogens is 1. The third-order valence-corrected chi connectivity index (χ3v) is 6.06. The molecule has 0 spiro atoms. The van der Waals surface area contributed by atoms with Crippen LogP contribution in [0.3, 0.4) is 0 Å². The quantitative estimate of drug-likeness (QED) is 0.870. The van der Waals surface area contributed by atoms with E-state index >= 15 is 0 Å². The Morgan fingerprint density at radius 3 is 2.57 bits per heavy atom. The number of ether oxygens (including phenoxy) is 1. The lowest BCUT2D eigenvalue weighted by Gasteiger charge is -2.39. The lowest BCUT2D eigenvalue weighted by molar-refractivity contribution is -0.0312. The normalized spacial score (nSPS) is 25.8. The summed E-state index contributed by atoms with van der Waals surface area (Å²) >= 11 is 0. The van der Waals surface area contributed by atoms with Gasteiger partial charge in [0.25, 0.3) is 10.2 Å². The second-order valence-corrected chi connectivity index (χ2v) is 8.11. The van der Waals surface area contributed by atoms with Crippen molar-refractivity contribution in [2.24, 2.45) is 0 Å². The summed E-state index contributed by atoms with van der Waals surface area (Å²) in [6.45, 7) is 0. The number of benzene rings is 1. The van der Waals surface area contributed by atoms with E-state index in [4.69, 9.17) is 4.74 Å². The minimum absolute atomic E-state index is 0.327. The molecule has 2 rings (SSSR count). The summed E-state index contributed by atoms with van der Waals surface area (Å²) in [6.07, 6.45) is 0.300. The molecule has 1 aromatic carbocycles. The van der Waals surface area contributed by atoms with Gasteiger partial charge in [-0.15, -0.1) is 0 Å². The van der Waals surface area contributed by atoms with Crippen LogP contribution in [0, 0.1) is 5.82 Å². The van der Waals surface area contributed by atoms with Crippen LogP contribution in [0.15, 0.2) is 24.3 Å². The number of hydrogen-bond acceptors (Lipinski definition) is 4. The number of rotatable bonds is 5. The van der Waals surface area contributed by atoms with E-state index in [1.54, 1.807) is 6.07 Å². The molecule has 8 heteroatoms. The van der Waals surface area contributed by atoms with Crippen molar-refractivity contribution < 1.29 is 22.7 Å². The maximum absolute atomic E-state index is 13.2. The van der Waals surface area contributed by atoms with E-state index in [-0.39, 0.29) is 0 Å². The summed E-state index contributed by atoms with van der Waals surface area (Å²) in [5.74, 6) is -0.0931. The van der Waals surface area contributed by atoms with Crippen molar-refractivity contribution >= 4 is 10.2 Å². The van der Waals surface area contributed by atoms with E-state index in [9.17, 15) is 17.9 Å². The van der Waals surface area contributed by atoms with Crippen LogP contribution in [0.2, 0.25) is 0 Å². The minimum Gasteiger partial charge on any atom is -0.488 e. The summed E-state index contributed by atoms with van der Waals surface area (Å²) in [5, 5.41) is 10.5. The van der Waals surface area contributed by atoms with Gasteiger partial charge in [-0.05, 0) is 31.4 Å². The zero-order valence-electron chi connectivity index (χ0n) is 13.5. The summed E-state index contributed by atoms with van der Waals surface area (Å²) in [6, 6.07) is 5.12. The highest BCUT2D eigenvalue weighted by atomic mass is 32.2. The van der Waals surface area contributed by atoms with Crippen molar-refractivity contribution in [1.82, 2.24) is 8.61 Å². The maximum atomic E-state index is 13.2. The third kappa shape index (κ3) is 4.00. The van der Waals surface area contributed by atoms with Crippen molar-refractivity contribution in [3.8, 4) is 5.75 Å². The molecular formula is C15H23FN2O4S. The molecule has 3 atom stereocenters. The summed E-state index contributed by atoms with van der Waals surface area (Å²) in [7, 11) is 0.723. The minimum atomic E-state index is -3.62. The largest absolute Gasteiger partial charge is 0.488 e. The average Bonchev–Trinajstić information content (AvgIpc) is 2.48. The molecule has 1 N–H and O–H groups in total. The van der Waals surface area contributed by atoms with Gasteiger partial charge in [0.05, 0.1) is 6.04 Å². The molecule has 6 nitrogen and oxygen atoms in total. The molecular weight excluding hydrogens is 323 g/mol. The van der Waals surface area contributed by atoms with Gasteiger partial charge in [0, 0.05) is 27.2 Å². The number of aliphatic hydroxyl groups is 1. The van der Waals surface area contributed by atoms with E-state index < -0.39 is 34.3 Å². The molecule has 0 aromatic heterocycles. The first-order chi connectivity index (χ1) is 10.7. The lowest BCUT2D eigenvalue weighted by atomic mass is 9.90. The SMILES string of the molecule is CN(C)S(=O)(=O)N(C)[C@@H]1CCC[C@H](Oc2cccc(F)c2)[C@H]1O. The first kappa shape index (κ1) is 18.1. The van der Waals surface area contributed by atoms with Crippen LogP contribution in [0.5, 0.6) is 5.75 Å². The molecule has 0 bridgehead atoms. The van der Waals surface area contributed by atoms with Gasteiger partial charge in [0.15, 0.2) is 0 Å². The van der Waals surface area contributed by atoms with Crippen molar-refractivity contribution in [2.75, 3.05) is 21.1 Å². The molecule has 23 heavy (non-hydrogen) atoms. The monoisotopic (exact) mass is 346 g/mol. The Hall–Kier alpha value is -1.22. The summed E-state index contributed by atoms with van der Waals surface area (Å²) < 4.78 is 45.7. The molecule has 1 saturated carbocycles. The van der Waals surface area contributed by atoms with Crippen LogP contribution < -0.4 is 4.74 Å². The fourth-order valence-corrected chi connectivity index (χ4v) is 3.87. The Morgan fingerprint density at radius 2 is 1.96 bits per heavy atom. The Balaban J connectivity index is 2.13. The standard InChI is InChI=1S/C15H23FN2O4S/c1-17(2)23(20,21)18(3)13-8-5-9-14(15(13)19)22-12-7-4-6-11(16)10-12/h4,6-7,10,13-15,19H,5,8-9H2,1-3H3/t13-,14+,15+/m1/s1. The molecule has 0 aliphatic heterocycles. The van der Waals surface area contributed by atoms with Crippen molar-refractivity contribution in [3.63, 3.8) is 0 Å². The van der Waals surface area contributed by atoms with Gasteiger partial charge < -0.3 is 9.84 Å². The fourth-order valence-electron chi connectivity index (χ4n) is 2.79. The van der Waals surface area contributed by atoms with E-state index in [2.05, 4.69) is 0 Å². The number of nitrogens with zero attached hydrogens (tertiary/aromatic N) is 2. The van der Waals surface area contributed by atoms with Crippen LogP contribution in [-0.2, 0) is 10.2 Å². The molecule has 0 unspecified atom stereocenters. The third-order valence-electron chi connectivity index (χ3n) is 4.14. The van der Waals surface area contributed by atoms with Gasteiger partial charge in [0.1, 0.15) is 23.8 Å². The van der Waals surface area contributed by atoms with Crippen molar-refractivity contribution in [3.05, 3.63) is 30.1 Å². The Morgan fingerprint density at radius 1 is 1.26 bits per heavy atom. The van der Waals surface area contributed by atoms with Crippen molar-refractivity contribution in [2.45, 2.75) is 37.5 Å². The predicted molar refractivity (Wildman–Crippen MR) is 84.8 cm³/mol. The second kappa shape index (κ2) is 7.12. The molecule has 1 aliphatic rings. The molecule has 0 radical (unpaired) electrons. The summed E-state index contributed by atoms with van der Waals surface area (Å²) in [4.78, 5) is 0. The maximum Gasteiger partial charge on any atom is 0.281 e. The first-order valence-electron chi connectivity index (χ1n) is 7.49. The zero-order valence-corrected chi connectivity index (χ0v) is 14.3. The second-order valence-electron chi connectivity index (χ2n) is 5.91. The molecule has 1 aliphatic carbocycles. The average molecular weight is 346 g/mol. The zero-order chi connectivity index (χ0) is 17.2. The van der Waals surface area contributed by atoms with Crippen LogP contribution in [0.25, 0.3) is 0 Å². The predicted octanol–water partition coefficient (Wildman–Crippen LogP) is 1.22. The van der Waals surface area contributed by atoms with E-state index in [0.29, 0.717) is 18.6 Å². The highest BCUT2D eigenvalue weighted by Crippen LogP contribution is 2.28. The molecule has 0 saturated heterocycles. The highest BCUT2D eigenvalue weighted by molar-refractivity contribution is 7.86. The number of likely N-dealkylation sites (N-methyl/N-ethyl adjacent to an activating group) is 1. The van der Waals surface area contributed by atoms with Crippen LogP contribution in [-0.4, -0.2) is 61.5 Å². The van der Waals surface area contributed by atoms with Gasteiger partial charge in [0.2, 0.25) is 0 Å². The highest BCUT2D eigenvalue weighted by Gasteiger charge is 2.40. The van der Waals surface area contributed by atoms with Gasteiger partial charge in [-0.3, -0.25) is 0 Å². The molecule has 1 aromatic rings. The van der Waals surface area contributed by atoms with Gasteiger partial charge in [-0.25, -0.2) is 4.39 Å². The van der Waals surface area contributed by atoms with Gasteiger partial charge in [-0.2, -0.15) is 17.0 Å². The number of aliphatic hydroxyl groups excluding tert-OH is 1. The molecule has 0 amide bonds. The molecule has 1 fully saturated rings. The molecule has 0 heterocycles. The smallest absolute Gasteiger partial charge is 0.281 e. The summed E-state index contributed by atoms with van der Waals surface area (Å²) in [5.41, 5.74) is 0. The lowest BCUT2D eigenvalue weighted by Crippen LogP contribution is -2.55. The Labute approximate surface area is 136 Å². The van der Waals surface area contributed by atoms with Gasteiger partial charge in [-0.1, -0.05) is 6.07 Å². The fraction of sp³-hybridized carbons (Fsp3) is 0.600. The topological polar surface area (TPSA) is 70.1 Å². The van der Waals surface area contributed by atoms with Crippen LogP contribution >= 0.6 is 0 Å². The Kier molecular flexibility index (Phi) is 5.61. The molecule has 130 valence electrons. The van der Waals surface area contributed by atoms with E-state index in [1.807, 2.05) is 0 Å². The van der Waals surface area contributed by atoms with E-state index in [1.165, 1.54) is 43.6 Å². The van der Waals surface area contributed by atoms with Crippen LogP contribution in [0.1, 0.15) is 19.3 Å². The number of hydrogen-bond donors (Lipinski definition) is 1. The Bertz CT molecular complexity index is 638. The van der Waals surface area contributed by atoms with Gasteiger partial charge >= 0.3 is 0 Å².